The minimum absolute atomic E-state index is 0.0615. The van der Waals surface area contributed by atoms with Crippen LogP contribution in [0, 0.1) is 27.7 Å². The third kappa shape index (κ3) is 3.64. The molecule has 130 valence electrons. The van der Waals surface area contributed by atoms with E-state index in [1.54, 1.807) is 10.6 Å². The zero-order valence-electron chi connectivity index (χ0n) is 14.7. The van der Waals surface area contributed by atoms with Gasteiger partial charge >= 0.3 is 0 Å². The summed E-state index contributed by atoms with van der Waals surface area (Å²) in [5.74, 6) is 1.21. The predicted octanol–water partition coefficient (Wildman–Crippen LogP) is 3.58. The minimum Gasteiger partial charge on any atom is -0.326 e. The fourth-order valence-electron chi connectivity index (χ4n) is 2.80. The average molecular weight is 358 g/mol. The largest absolute Gasteiger partial charge is 0.326 e. The summed E-state index contributed by atoms with van der Waals surface area (Å²) in [7, 11) is 0. The van der Waals surface area contributed by atoms with Crippen molar-refractivity contribution in [2.45, 2.75) is 40.5 Å². The molecule has 0 saturated heterocycles. The van der Waals surface area contributed by atoms with Gasteiger partial charge in [-0.25, -0.2) is 9.50 Å². The summed E-state index contributed by atoms with van der Waals surface area (Å²) in [6.07, 6.45) is 0.943. The van der Waals surface area contributed by atoms with Gasteiger partial charge < -0.3 is 5.32 Å². The smallest absolute Gasteiger partial charge is 0.252 e. The summed E-state index contributed by atoms with van der Waals surface area (Å²) in [5, 5.41) is 7.88. The summed E-state index contributed by atoms with van der Waals surface area (Å²) in [5.41, 5.74) is 4.55. The molecule has 0 spiro atoms. The maximum atomic E-state index is 12.3. The van der Waals surface area contributed by atoms with Crippen LogP contribution >= 0.6 is 11.6 Å². The molecule has 0 aliphatic carbocycles. The van der Waals surface area contributed by atoms with Crippen molar-refractivity contribution in [2.75, 3.05) is 5.32 Å². The summed E-state index contributed by atoms with van der Waals surface area (Å²) >= 11 is 6.09. The Bertz CT molecular complexity index is 964. The maximum Gasteiger partial charge on any atom is 0.252 e. The molecule has 1 N–H and O–H groups in total. The first-order valence-electron chi connectivity index (χ1n) is 8.10. The number of carbonyl (C=O) groups excluding carboxylic acids is 1. The molecule has 6 nitrogen and oxygen atoms in total. The summed E-state index contributed by atoms with van der Waals surface area (Å²) in [6, 6.07) is 5.50. The normalized spacial score (nSPS) is 11.1. The van der Waals surface area contributed by atoms with Crippen molar-refractivity contribution in [3.8, 4) is 0 Å². The number of nitrogens with zero attached hydrogens (tertiary/aromatic N) is 4. The van der Waals surface area contributed by atoms with Crippen LogP contribution < -0.4 is 5.32 Å². The molecule has 0 radical (unpaired) electrons. The Morgan fingerprint density at radius 2 is 1.96 bits per heavy atom. The number of rotatable bonds is 4. The van der Waals surface area contributed by atoms with E-state index in [4.69, 9.17) is 11.6 Å². The lowest BCUT2D eigenvalue weighted by atomic mass is 10.1. The van der Waals surface area contributed by atoms with Gasteiger partial charge in [0.2, 0.25) is 5.91 Å². The van der Waals surface area contributed by atoms with Crippen LogP contribution in [-0.2, 0) is 11.2 Å². The van der Waals surface area contributed by atoms with E-state index in [-0.39, 0.29) is 5.91 Å². The molecule has 0 unspecified atom stereocenters. The molecule has 1 amide bonds. The van der Waals surface area contributed by atoms with Gasteiger partial charge in [-0.2, -0.15) is 10.1 Å². The van der Waals surface area contributed by atoms with Gasteiger partial charge in [0.25, 0.3) is 5.78 Å². The average Bonchev–Trinajstić information content (AvgIpc) is 2.91. The zero-order valence-corrected chi connectivity index (χ0v) is 15.5. The highest BCUT2D eigenvalue weighted by Gasteiger charge is 2.14. The number of hydrogen-bond acceptors (Lipinski definition) is 4. The second kappa shape index (κ2) is 6.80. The monoisotopic (exact) mass is 357 g/mol. The van der Waals surface area contributed by atoms with Crippen LogP contribution in [0.25, 0.3) is 5.78 Å². The number of aryl methyl sites for hydroxylation is 4. The maximum absolute atomic E-state index is 12.3. The van der Waals surface area contributed by atoms with Gasteiger partial charge in [-0.05, 0) is 57.4 Å². The minimum atomic E-state index is -0.0615. The second-order valence-electron chi connectivity index (χ2n) is 6.14. The molecule has 7 heteroatoms. The molecule has 0 saturated carbocycles. The highest BCUT2D eigenvalue weighted by atomic mass is 35.5. The molecule has 3 rings (SSSR count). The summed E-state index contributed by atoms with van der Waals surface area (Å²) < 4.78 is 1.73. The van der Waals surface area contributed by atoms with Gasteiger partial charge in [0.05, 0.1) is 0 Å². The van der Waals surface area contributed by atoms with Crippen molar-refractivity contribution in [2.24, 2.45) is 0 Å². The van der Waals surface area contributed by atoms with Crippen molar-refractivity contribution in [1.82, 2.24) is 19.6 Å². The molecule has 0 atom stereocenters. The van der Waals surface area contributed by atoms with Crippen molar-refractivity contribution in [3.63, 3.8) is 0 Å². The van der Waals surface area contributed by atoms with E-state index in [2.05, 4.69) is 20.4 Å². The Hall–Kier alpha value is -2.47. The van der Waals surface area contributed by atoms with Crippen LogP contribution in [0.4, 0.5) is 5.69 Å². The fourth-order valence-corrected chi connectivity index (χ4v) is 2.98. The van der Waals surface area contributed by atoms with E-state index in [1.807, 2.05) is 39.8 Å². The third-order valence-corrected chi connectivity index (χ3v) is 4.62. The van der Waals surface area contributed by atoms with Crippen molar-refractivity contribution in [3.05, 3.63) is 51.6 Å². The number of carbonyl (C=O) groups is 1. The molecular weight excluding hydrogens is 338 g/mol. The van der Waals surface area contributed by atoms with Gasteiger partial charge in [-0.15, -0.1) is 0 Å². The third-order valence-electron chi connectivity index (χ3n) is 4.21. The first-order valence-corrected chi connectivity index (χ1v) is 8.48. The lowest BCUT2D eigenvalue weighted by Crippen LogP contribution is -2.14. The van der Waals surface area contributed by atoms with Crippen LogP contribution in [0.1, 0.15) is 34.8 Å². The Labute approximate surface area is 151 Å². The first kappa shape index (κ1) is 17.4. The Morgan fingerprint density at radius 3 is 2.68 bits per heavy atom. The van der Waals surface area contributed by atoms with Gasteiger partial charge in [-0.1, -0.05) is 17.7 Å². The number of amides is 1. The fraction of sp³-hybridized carbons (Fsp3) is 0.333. The molecule has 0 aliphatic rings. The second-order valence-corrected chi connectivity index (χ2v) is 6.55. The molecule has 1 aromatic carbocycles. The van der Waals surface area contributed by atoms with E-state index >= 15 is 0 Å². The van der Waals surface area contributed by atoms with Gasteiger partial charge in [0, 0.05) is 28.5 Å². The highest BCUT2D eigenvalue weighted by molar-refractivity contribution is 6.31. The summed E-state index contributed by atoms with van der Waals surface area (Å²) in [4.78, 5) is 21.0. The predicted molar refractivity (Wildman–Crippen MR) is 98.1 cm³/mol. The van der Waals surface area contributed by atoms with Gasteiger partial charge in [0.15, 0.2) is 0 Å². The standard InChI is InChI=1S/C18H20ClN5O/c1-10-5-6-14(9-16(10)19)22-17(25)8-7-15-11(2)20-18-21-13(4)23-24(18)12(15)3/h5-6,9H,7-8H2,1-4H3,(H,22,25). The molecular formula is C18H20ClN5O. The number of halogens is 1. The SMILES string of the molecule is Cc1nc2nc(C)c(CCC(=O)Nc3ccc(C)c(Cl)c3)c(C)n2n1. The highest BCUT2D eigenvalue weighted by Crippen LogP contribution is 2.21. The number of fused-ring (bicyclic) bond motifs is 1. The number of anilines is 1. The molecule has 0 aliphatic heterocycles. The Morgan fingerprint density at radius 1 is 1.20 bits per heavy atom. The molecule has 0 fully saturated rings. The molecule has 2 heterocycles. The van der Waals surface area contributed by atoms with E-state index in [9.17, 15) is 4.79 Å². The number of hydrogen-bond donors (Lipinski definition) is 1. The zero-order chi connectivity index (χ0) is 18.1. The molecule has 25 heavy (non-hydrogen) atoms. The quantitative estimate of drug-likeness (QED) is 0.774. The van der Waals surface area contributed by atoms with Crippen LogP contribution in [-0.4, -0.2) is 25.5 Å². The lowest BCUT2D eigenvalue weighted by Gasteiger charge is -2.11. The van der Waals surface area contributed by atoms with Crippen LogP contribution in [0.5, 0.6) is 0 Å². The Kier molecular flexibility index (Phi) is 4.72. The van der Waals surface area contributed by atoms with Crippen molar-refractivity contribution >= 4 is 29.0 Å². The van der Waals surface area contributed by atoms with Crippen molar-refractivity contribution < 1.29 is 4.79 Å². The van der Waals surface area contributed by atoms with Crippen LogP contribution in [0.2, 0.25) is 5.02 Å². The number of nitrogens with one attached hydrogen (secondary N) is 1. The van der Waals surface area contributed by atoms with E-state index in [0.717, 1.165) is 22.5 Å². The molecule has 0 bridgehead atoms. The van der Waals surface area contributed by atoms with E-state index in [1.165, 1.54) is 0 Å². The summed E-state index contributed by atoms with van der Waals surface area (Å²) in [6.45, 7) is 7.67. The van der Waals surface area contributed by atoms with Gasteiger partial charge in [-0.3, -0.25) is 4.79 Å². The molecule has 3 aromatic rings. The van der Waals surface area contributed by atoms with Crippen LogP contribution in [0.3, 0.4) is 0 Å². The van der Waals surface area contributed by atoms with E-state index < -0.39 is 0 Å². The van der Waals surface area contributed by atoms with Crippen LogP contribution in [0.15, 0.2) is 18.2 Å². The molecule has 2 aromatic heterocycles. The van der Waals surface area contributed by atoms with Gasteiger partial charge in [0.1, 0.15) is 5.82 Å². The van der Waals surface area contributed by atoms with E-state index in [0.29, 0.717) is 35.2 Å². The van der Waals surface area contributed by atoms with Crippen molar-refractivity contribution in [1.29, 1.82) is 0 Å². The first-order chi connectivity index (χ1) is 11.8. The lowest BCUT2D eigenvalue weighted by molar-refractivity contribution is -0.116. The number of aromatic nitrogens is 4. The number of benzene rings is 1. The topological polar surface area (TPSA) is 72.2 Å². The Balaban J connectivity index is 1.73.